The lowest BCUT2D eigenvalue weighted by Crippen LogP contribution is -2.10. The third kappa shape index (κ3) is 2.59. The monoisotopic (exact) mass is 245 g/mol. The quantitative estimate of drug-likeness (QED) is 0.872. The Bertz CT molecular complexity index is 554. The molecule has 1 heterocycles. The fourth-order valence-electron chi connectivity index (χ4n) is 1.78. The molecule has 3 N–H and O–H groups in total. The van der Waals surface area contributed by atoms with E-state index in [0.29, 0.717) is 17.1 Å². The van der Waals surface area contributed by atoms with Crippen LogP contribution in [0.2, 0.25) is 0 Å². The SMILES string of the molecule is Cc1nc(NC(C)c2ccccc2F)ccc1N. The van der Waals surface area contributed by atoms with Crippen LogP contribution in [0.15, 0.2) is 36.4 Å². The van der Waals surface area contributed by atoms with E-state index in [2.05, 4.69) is 10.3 Å². The van der Waals surface area contributed by atoms with Crippen LogP contribution in [0.1, 0.15) is 24.2 Å². The smallest absolute Gasteiger partial charge is 0.128 e. The van der Waals surface area contributed by atoms with Gasteiger partial charge in [0.15, 0.2) is 0 Å². The van der Waals surface area contributed by atoms with Crippen LogP contribution in [0, 0.1) is 12.7 Å². The molecule has 94 valence electrons. The fraction of sp³-hybridized carbons (Fsp3) is 0.214. The first-order valence-electron chi connectivity index (χ1n) is 5.82. The molecule has 0 aliphatic heterocycles. The molecule has 18 heavy (non-hydrogen) atoms. The summed E-state index contributed by atoms with van der Waals surface area (Å²) in [6.07, 6.45) is 0. The van der Waals surface area contributed by atoms with E-state index in [9.17, 15) is 4.39 Å². The van der Waals surface area contributed by atoms with Gasteiger partial charge in [0.1, 0.15) is 11.6 Å². The Balaban J connectivity index is 2.19. The highest BCUT2D eigenvalue weighted by Crippen LogP contribution is 2.21. The Hall–Kier alpha value is -2.10. The number of nitrogens with one attached hydrogen (secondary N) is 1. The summed E-state index contributed by atoms with van der Waals surface area (Å²) in [5.74, 6) is 0.474. The maximum atomic E-state index is 13.6. The van der Waals surface area contributed by atoms with Crippen molar-refractivity contribution in [1.82, 2.24) is 4.98 Å². The number of benzene rings is 1. The first-order valence-corrected chi connectivity index (χ1v) is 5.82. The van der Waals surface area contributed by atoms with Gasteiger partial charge in [-0.3, -0.25) is 0 Å². The highest BCUT2D eigenvalue weighted by atomic mass is 19.1. The number of aryl methyl sites for hydroxylation is 1. The highest BCUT2D eigenvalue weighted by Gasteiger charge is 2.10. The highest BCUT2D eigenvalue weighted by molar-refractivity contribution is 5.49. The topological polar surface area (TPSA) is 50.9 Å². The maximum absolute atomic E-state index is 13.6. The van der Waals surface area contributed by atoms with Crippen molar-refractivity contribution in [1.29, 1.82) is 0 Å². The molecule has 4 heteroatoms. The van der Waals surface area contributed by atoms with E-state index in [1.807, 2.05) is 19.9 Å². The largest absolute Gasteiger partial charge is 0.397 e. The van der Waals surface area contributed by atoms with E-state index in [1.165, 1.54) is 6.07 Å². The van der Waals surface area contributed by atoms with E-state index < -0.39 is 0 Å². The van der Waals surface area contributed by atoms with Crippen molar-refractivity contribution in [3.8, 4) is 0 Å². The third-order valence-corrected chi connectivity index (χ3v) is 2.86. The van der Waals surface area contributed by atoms with Gasteiger partial charge in [-0.15, -0.1) is 0 Å². The molecule has 0 amide bonds. The third-order valence-electron chi connectivity index (χ3n) is 2.86. The predicted molar refractivity (Wildman–Crippen MR) is 71.8 cm³/mol. The van der Waals surface area contributed by atoms with Gasteiger partial charge in [-0.2, -0.15) is 0 Å². The number of aromatic nitrogens is 1. The number of nitrogens with two attached hydrogens (primary N) is 1. The van der Waals surface area contributed by atoms with Crippen LogP contribution >= 0.6 is 0 Å². The van der Waals surface area contributed by atoms with Crippen molar-refractivity contribution in [2.24, 2.45) is 0 Å². The van der Waals surface area contributed by atoms with Crippen LogP contribution in [0.25, 0.3) is 0 Å². The summed E-state index contributed by atoms with van der Waals surface area (Å²) in [5, 5.41) is 3.16. The number of nitrogens with zero attached hydrogens (tertiary/aromatic N) is 1. The average Bonchev–Trinajstić information content (AvgIpc) is 2.34. The van der Waals surface area contributed by atoms with Gasteiger partial charge in [-0.05, 0) is 32.0 Å². The minimum Gasteiger partial charge on any atom is -0.397 e. The van der Waals surface area contributed by atoms with Crippen molar-refractivity contribution < 1.29 is 4.39 Å². The Kier molecular flexibility index (Phi) is 3.46. The van der Waals surface area contributed by atoms with E-state index in [-0.39, 0.29) is 11.9 Å². The molecule has 1 aromatic heterocycles. The van der Waals surface area contributed by atoms with Gasteiger partial charge in [0.25, 0.3) is 0 Å². The Morgan fingerprint density at radius 1 is 1.22 bits per heavy atom. The minimum atomic E-state index is -0.218. The van der Waals surface area contributed by atoms with E-state index in [1.54, 1.807) is 24.3 Å². The summed E-state index contributed by atoms with van der Waals surface area (Å²) < 4.78 is 13.6. The first kappa shape index (κ1) is 12.4. The lowest BCUT2D eigenvalue weighted by molar-refractivity contribution is 0.600. The molecule has 1 unspecified atom stereocenters. The Morgan fingerprint density at radius 2 is 1.94 bits per heavy atom. The number of pyridine rings is 1. The summed E-state index contributed by atoms with van der Waals surface area (Å²) in [4.78, 5) is 4.31. The second-order valence-corrected chi connectivity index (χ2v) is 4.26. The molecule has 1 atom stereocenters. The van der Waals surface area contributed by atoms with E-state index in [4.69, 9.17) is 5.73 Å². The first-order chi connectivity index (χ1) is 8.58. The fourth-order valence-corrected chi connectivity index (χ4v) is 1.78. The second-order valence-electron chi connectivity index (χ2n) is 4.26. The number of rotatable bonds is 3. The van der Waals surface area contributed by atoms with E-state index in [0.717, 1.165) is 5.69 Å². The second kappa shape index (κ2) is 5.04. The van der Waals surface area contributed by atoms with Gasteiger partial charge in [0, 0.05) is 5.56 Å². The van der Waals surface area contributed by atoms with Gasteiger partial charge in [0.05, 0.1) is 17.4 Å². The molecular weight excluding hydrogens is 229 g/mol. The number of hydrogen-bond acceptors (Lipinski definition) is 3. The van der Waals surface area contributed by atoms with Crippen LogP contribution in [-0.4, -0.2) is 4.98 Å². The molecular formula is C14H16FN3. The molecule has 3 nitrogen and oxygen atoms in total. The predicted octanol–water partition coefficient (Wildman–Crippen LogP) is 3.28. The molecule has 0 saturated carbocycles. The summed E-state index contributed by atoms with van der Waals surface area (Å²) >= 11 is 0. The number of halogens is 1. The van der Waals surface area contributed by atoms with Crippen molar-refractivity contribution in [2.45, 2.75) is 19.9 Å². The zero-order valence-electron chi connectivity index (χ0n) is 10.4. The lowest BCUT2D eigenvalue weighted by atomic mass is 10.1. The molecule has 0 radical (unpaired) electrons. The molecule has 2 rings (SSSR count). The molecule has 0 aliphatic rings. The molecule has 0 aliphatic carbocycles. The van der Waals surface area contributed by atoms with Gasteiger partial charge in [-0.1, -0.05) is 18.2 Å². The summed E-state index contributed by atoms with van der Waals surface area (Å²) in [5.41, 5.74) is 7.74. The average molecular weight is 245 g/mol. The Labute approximate surface area is 106 Å². The van der Waals surface area contributed by atoms with Crippen LogP contribution in [0.5, 0.6) is 0 Å². The van der Waals surface area contributed by atoms with Gasteiger partial charge in [0.2, 0.25) is 0 Å². The summed E-state index contributed by atoms with van der Waals surface area (Å²) in [6, 6.07) is 10.1. The molecule has 0 bridgehead atoms. The molecule has 0 spiro atoms. The molecule has 0 saturated heterocycles. The lowest BCUT2D eigenvalue weighted by Gasteiger charge is -2.16. The van der Waals surface area contributed by atoms with Gasteiger partial charge < -0.3 is 11.1 Å². The van der Waals surface area contributed by atoms with E-state index >= 15 is 0 Å². The van der Waals surface area contributed by atoms with Gasteiger partial charge in [-0.25, -0.2) is 9.37 Å². The number of hydrogen-bond donors (Lipinski definition) is 2. The summed E-state index contributed by atoms with van der Waals surface area (Å²) in [6.45, 7) is 3.74. The van der Waals surface area contributed by atoms with Crippen LogP contribution < -0.4 is 11.1 Å². The standard InChI is InChI=1S/C14H16FN3/c1-9(11-5-3-4-6-12(11)15)17-14-8-7-13(16)10(2)18-14/h3-9H,16H2,1-2H3,(H,17,18). The molecule has 1 aromatic carbocycles. The van der Waals surface area contributed by atoms with Crippen molar-refractivity contribution in [3.63, 3.8) is 0 Å². The van der Waals surface area contributed by atoms with Crippen LogP contribution in [0.3, 0.4) is 0 Å². The van der Waals surface area contributed by atoms with Crippen molar-refractivity contribution >= 4 is 11.5 Å². The van der Waals surface area contributed by atoms with Crippen molar-refractivity contribution in [3.05, 3.63) is 53.5 Å². The maximum Gasteiger partial charge on any atom is 0.128 e. The molecule has 0 fully saturated rings. The normalized spacial score (nSPS) is 12.2. The zero-order chi connectivity index (χ0) is 13.1. The Morgan fingerprint density at radius 3 is 2.61 bits per heavy atom. The summed E-state index contributed by atoms with van der Waals surface area (Å²) in [7, 11) is 0. The number of nitrogen functional groups attached to an aromatic ring is 1. The van der Waals surface area contributed by atoms with Crippen LogP contribution in [-0.2, 0) is 0 Å². The van der Waals surface area contributed by atoms with Gasteiger partial charge >= 0.3 is 0 Å². The molecule has 2 aromatic rings. The zero-order valence-corrected chi connectivity index (χ0v) is 10.4. The van der Waals surface area contributed by atoms with Crippen molar-refractivity contribution in [2.75, 3.05) is 11.1 Å². The minimum absolute atomic E-state index is 0.151. The number of anilines is 2. The van der Waals surface area contributed by atoms with Crippen LogP contribution in [0.4, 0.5) is 15.9 Å².